The number of nitrogens with one attached hydrogen (secondary N) is 1. The molecule has 0 saturated heterocycles. The Labute approximate surface area is 111 Å². The molecular formula is C12H19BrN4. The van der Waals surface area contributed by atoms with Gasteiger partial charge in [0.15, 0.2) is 0 Å². The van der Waals surface area contributed by atoms with Crippen molar-refractivity contribution in [3.63, 3.8) is 0 Å². The lowest BCUT2D eigenvalue weighted by Crippen LogP contribution is -2.26. The Hall–Kier alpha value is -0.840. The summed E-state index contributed by atoms with van der Waals surface area (Å²) in [6.07, 6.45) is 6.31. The third-order valence-corrected chi connectivity index (χ3v) is 3.88. The average molecular weight is 299 g/mol. The van der Waals surface area contributed by atoms with E-state index in [1.165, 1.54) is 32.1 Å². The Morgan fingerprint density at radius 3 is 2.65 bits per heavy atom. The highest BCUT2D eigenvalue weighted by Gasteiger charge is 2.20. The Balaban J connectivity index is 1.93. The maximum absolute atomic E-state index is 5.69. The number of hydrogen-bond acceptors (Lipinski definition) is 4. The molecule has 0 bridgehead atoms. The Bertz CT molecular complexity index is 355. The Morgan fingerprint density at radius 1 is 1.35 bits per heavy atom. The first-order valence-corrected chi connectivity index (χ1v) is 7.03. The number of anilines is 2. The van der Waals surface area contributed by atoms with Crippen molar-refractivity contribution in [3.05, 3.63) is 10.7 Å². The monoisotopic (exact) mass is 298 g/mol. The number of nitrogens with zero attached hydrogens (tertiary/aromatic N) is 2. The molecule has 3 N–H and O–H groups in total. The molecule has 0 aromatic carbocycles. The van der Waals surface area contributed by atoms with Crippen LogP contribution in [0.4, 0.5) is 11.8 Å². The van der Waals surface area contributed by atoms with Crippen molar-refractivity contribution in [2.24, 2.45) is 5.92 Å². The van der Waals surface area contributed by atoms with Crippen LogP contribution in [0.3, 0.4) is 0 Å². The maximum atomic E-state index is 5.69. The normalized spacial score (nSPS) is 24.6. The molecule has 1 aromatic heterocycles. The van der Waals surface area contributed by atoms with Crippen LogP contribution in [0.15, 0.2) is 10.7 Å². The lowest BCUT2D eigenvalue weighted by atomic mass is 9.85. The van der Waals surface area contributed by atoms with Crippen molar-refractivity contribution in [1.29, 1.82) is 0 Å². The van der Waals surface area contributed by atoms with Crippen LogP contribution in [-0.4, -0.2) is 16.0 Å². The van der Waals surface area contributed by atoms with Crippen LogP contribution >= 0.6 is 15.9 Å². The third kappa shape index (κ3) is 3.56. The van der Waals surface area contributed by atoms with Crippen LogP contribution < -0.4 is 11.1 Å². The zero-order chi connectivity index (χ0) is 12.3. The molecule has 1 heterocycles. The molecule has 1 fully saturated rings. The Morgan fingerprint density at radius 2 is 2.06 bits per heavy atom. The van der Waals surface area contributed by atoms with E-state index in [1.54, 1.807) is 6.07 Å². The largest absolute Gasteiger partial charge is 0.383 e. The van der Waals surface area contributed by atoms with Crippen molar-refractivity contribution >= 4 is 27.7 Å². The molecule has 94 valence electrons. The number of nitrogen functional groups attached to an aromatic ring is 1. The minimum absolute atomic E-state index is 0.492. The van der Waals surface area contributed by atoms with Gasteiger partial charge in [0.05, 0.1) is 0 Å². The highest BCUT2D eigenvalue weighted by Crippen LogP contribution is 2.28. The molecule has 0 unspecified atom stereocenters. The van der Waals surface area contributed by atoms with Crippen LogP contribution in [0.5, 0.6) is 0 Å². The number of aromatic nitrogens is 2. The highest BCUT2D eigenvalue weighted by atomic mass is 79.9. The summed E-state index contributed by atoms with van der Waals surface area (Å²) in [5.41, 5.74) is 5.69. The smallest absolute Gasteiger partial charge is 0.225 e. The summed E-state index contributed by atoms with van der Waals surface area (Å²) in [6, 6.07) is 2.20. The zero-order valence-electron chi connectivity index (χ0n) is 10.1. The van der Waals surface area contributed by atoms with Crippen molar-refractivity contribution < 1.29 is 0 Å². The van der Waals surface area contributed by atoms with Gasteiger partial charge in [-0.2, -0.15) is 4.98 Å². The first-order chi connectivity index (χ1) is 8.17. The summed E-state index contributed by atoms with van der Waals surface area (Å²) < 4.78 is 0.731. The van der Waals surface area contributed by atoms with Crippen LogP contribution in [0, 0.1) is 5.92 Å². The predicted octanol–water partition coefficient (Wildman–Crippen LogP) is 3.20. The number of halogens is 1. The summed E-state index contributed by atoms with van der Waals surface area (Å²) in [4.78, 5) is 8.47. The first kappa shape index (κ1) is 12.6. The fraction of sp³-hybridized carbons (Fsp3) is 0.667. The van der Waals surface area contributed by atoms with Gasteiger partial charge in [-0.1, -0.05) is 13.3 Å². The van der Waals surface area contributed by atoms with E-state index in [1.807, 2.05) is 0 Å². The summed E-state index contributed by atoms with van der Waals surface area (Å²) in [5, 5.41) is 3.37. The van der Waals surface area contributed by atoms with Crippen molar-refractivity contribution in [3.8, 4) is 0 Å². The van der Waals surface area contributed by atoms with Crippen LogP contribution in [0.2, 0.25) is 0 Å². The van der Waals surface area contributed by atoms with Crippen molar-refractivity contribution in [1.82, 2.24) is 9.97 Å². The van der Waals surface area contributed by atoms with Crippen LogP contribution in [0.25, 0.3) is 0 Å². The summed E-state index contributed by atoms with van der Waals surface area (Å²) in [6.45, 7) is 2.27. The molecule has 1 aliphatic rings. The molecule has 4 nitrogen and oxygen atoms in total. The molecule has 2 rings (SSSR count). The first-order valence-electron chi connectivity index (χ1n) is 6.24. The standard InChI is InChI=1S/C12H19BrN4/c1-2-8-3-5-9(6-4-8)15-12-16-10(13)7-11(14)17-12/h7-9H,2-6H2,1H3,(H3,14,15,16,17). The molecule has 0 amide bonds. The Kier molecular flexibility index (Phi) is 4.20. The van der Waals surface area contributed by atoms with Gasteiger partial charge in [0.1, 0.15) is 10.4 Å². The SMILES string of the molecule is CCC1CCC(Nc2nc(N)cc(Br)n2)CC1. The molecule has 1 saturated carbocycles. The summed E-state index contributed by atoms with van der Waals surface area (Å²) in [5.74, 6) is 2.04. The average Bonchev–Trinajstić information content (AvgIpc) is 2.28. The second-order valence-electron chi connectivity index (χ2n) is 4.71. The van der Waals surface area contributed by atoms with Gasteiger partial charge in [-0.05, 0) is 47.5 Å². The molecule has 1 aromatic rings. The van der Waals surface area contributed by atoms with E-state index in [0.29, 0.717) is 17.8 Å². The van der Waals surface area contributed by atoms with Crippen molar-refractivity contribution in [2.45, 2.75) is 45.1 Å². The molecule has 0 spiro atoms. The third-order valence-electron chi connectivity index (χ3n) is 3.47. The van der Waals surface area contributed by atoms with E-state index in [2.05, 4.69) is 38.1 Å². The number of nitrogens with two attached hydrogens (primary N) is 1. The van der Waals surface area contributed by atoms with E-state index in [4.69, 9.17) is 5.73 Å². The molecule has 17 heavy (non-hydrogen) atoms. The van der Waals surface area contributed by atoms with E-state index in [-0.39, 0.29) is 0 Å². The summed E-state index contributed by atoms with van der Waals surface area (Å²) >= 11 is 3.33. The summed E-state index contributed by atoms with van der Waals surface area (Å²) in [7, 11) is 0. The highest BCUT2D eigenvalue weighted by molar-refractivity contribution is 9.10. The molecule has 0 atom stereocenters. The van der Waals surface area contributed by atoms with E-state index in [9.17, 15) is 0 Å². The van der Waals surface area contributed by atoms with Crippen LogP contribution in [0.1, 0.15) is 39.0 Å². The lowest BCUT2D eigenvalue weighted by Gasteiger charge is -2.28. The van der Waals surface area contributed by atoms with Gasteiger partial charge < -0.3 is 11.1 Å². The van der Waals surface area contributed by atoms with Gasteiger partial charge in [-0.3, -0.25) is 0 Å². The van der Waals surface area contributed by atoms with Gasteiger partial charge in [0.2, 0.25) is 5.95 Å². The molecule has 0 aliphatic heterocycles. The molecule has 1 aliphatic carbocycles. The minimum Gasteiger partial charge on any atom is -0.383 e. The lowest BCUT2D eigenvalue weighted by molar-refractivity contribution is 0.329. The quantitative estimate of drug-likeness (QED) is 0.841. The second kappa shape index (κ2) is 5.67. The molecule has 5 heteroatoms. The van der Waals surface area contributed by atoms with Gasteiger partial charge >= 0.3 is 0 Å². The topological polar surface area (TPSA) is 63.8 Å². The van der Waals surface area contributed by atoms with Gasteiger partial charge in [0, 0.05) is 12.1 Å². The fourth-order valence-electron chi connectivity index (χ4n) is 2.40. The fourth-order valence-corrected chi connectivity index (χ4v) is 2.80. The van der Waals surface area contributed by atoms with E-state index in [0.717, 1.165) is 10.5 Å². The molecule has 0 radical (unpaired) electrons. The second-order valence-corrected chi connectivity index (χ2v) is 5.52. The van der Waals surface area contributed by atoms with Gasteiger partial charge in [-0.25, -0.2) is 4.98 Å². The van der Waals surface area contributed by atoms with Crippen molar-refractivity contribution in [2.75, 3.05) is 11.1 Å². The number of rotatable bonds is 3. The minimum atomic E-state index is 0.492. The van der Waals surface area contributed by atoms with Crippen LogP contribution in [-0.2, 0) is 0 Å². The molecular weight excluding hydrogens is 280 g/mol. The van der Waals surface area contributed by atoms with E-state index < -0.39 is 0 Å². The van der Waals surface area contributed by atoms with Gasteiger partial charge in [-0.15, -0.1) is 0 Å². The maximum Gasteiger partial charge on any atom is 0.225 e. The van der Waals surface area contributed by atoms with E-state index >= 15 is 0 Å². The van der Waals surface area contributed by atoms with Gasteiger partial charge in [0.25, 0.3) is 0 Å². The zero-order valence-corrected chi connectivity index (χ0v) is 11.7. The number of hydrogen-bond donors (Lipinski definition) is 2. The predicted molar refractivity (Wildman–Crippen MR) is 73.8 cm³/mol.